The molecular formula is C18H17ClN2O2S. The second kappa shape index (κ2) is 8.62. The number of nitrogens with zero attached hydrogens (tertiary/aromatic N) is 1. The molecule has 1 N–H and O–H groups in total. The van der Waals surface area contributed by atoms with E-state index in [0.29, 0.717) is 27.8 Å². The number of nitrogens with one attached hydrogen (secondary N) is 1. The number of hydrogen-bond donors (Lipinski definition) is 1. The fraction of sp³-hybridized carbons (Fsp3) is 0.222. The van der Waals surface area contributed by atoms with Crippen molar-refractivity contribution in [2.45, 2.75) is 17.9 Å². The third kappa shape index (κ3) is 4.92. The van der Waals surface area contributed by atoms with Crippen molar-refractivity contribution >= 4 is 35.0 Å². The summed E-state index contributed by atoms with van der Waals surface area (Å²) >= 11 is 7.47. The van der Waals surface area contributed by atoms with Gasteiger partial charge in [-0.05, 0) is 42.8 Å². The molecule has 0 spiro atoms. The van der Waals surface area contributed by atoms with Crippen LogP contribution in [0.1, 0.15) is 18.1 Å². The number of carbonyl (C=O) groups is 1. The van der Waals surface area contributed by atoms with Gasteiger partial charge in [-0.3, -0.25) is 4.79 Å². The van der Waals surface area contributed by atoms with Gasteiger partial charge in [0.05, 0.1) is 29.7 Å². The van der Waals surface area contributed by atoms with Crippen LogP contribution in [0.15, 0.2) is 42.5 Å². The predicted octanol–water partition coefficient (Wildman–Crippen LogP) is 4.48. The lowest BCUT2D eigenvalue weighted by Gasteiger charge is -2.14. The Kier molecular flexibility index (Phi) is 6.53. The van der Waals surface area contributed by atoms with E-state index in [1.807, 2.05) is 25.1 Å². The standard InChI is InChI=1S/C18H17ClN2O2S/c1-12(24-11-14-5-3-4-13(8-14)10-20)18(22)21-16-9-15(19)6-7-17(16)23-2/h3-9,12H,11H2,1-2H3,(H,21,22). The molecule has 2 aromatic carbocycles. The highest BCUT2D eigenvalue weighted by atomic mass is 35.5. The fourth-order valence-electron chi connectivity index (χ4n) is 2.04. The van der Waals surface area contributed by atoms with E-state index in [2.05, 4.69) is 11.4 Å². The third-order valence-corrected chi connectivity index (χ3v) is 4.79. The molecule has 0 heterocycles. The van der Waals surface area contributed by atoms with E-state index < -0.39 is 0 Å². The smallest absolute Gasteiger partial charge is 0.237 e. The Labute approximate surface area is 150 Å². The van der Waals surface area contributed by atoms with Gasteiger partial charge in [-0.1, -0.05) is 23.7 Å². The Morgan fingerprint density at radius 1 is 1.38 bits per heavy atom. The first-order valence-electron chi connectivity index (χ1n) is 7.28. The van der Waals surface area contributed by atoms with Crippen molar-refractivity contribution in [2.24, 2.45) is 0 Å². The van der Waals surface area contributed by atoms with Crippen molar-refractivity contribution in [1.82, 2.24) is 0 Å². The molecule has 0 aliphatic heterocycles. The van der Waals surface area contributed by atoms with E-state index in [1.165, 1.54) is 11.8 Å². The van der Waals surface area contributed by atoms with Crippen LogP contribution in [-0.2, 0) is 10.5 Å². The van der Waals surface area contributed by atoms with Gasteiger partial charge >= 0.3 is 0 Å². The maximum atomic E-state index is 12.4. The molecule has 1 unspecified atom stereocenters. The first-order valence-corrected chi connectivity index (χ1v) is 8.71. The molecule has 0 saturated heterocycles. The summed E-state index contributed by atoms with van der Waals surface area (Å²) in [5.41, 5.74) is 2.18. The first kappa shape index (κ1) is 18.2. The quantitative estimate of drug-likeness (QED) is 0.824. The number of carbonyl (C=O) groups excluding carboxylic acids is 1. The number of amides is 1. The molecule has 2 aromatic rings. The van der Waals surface area contributed by atoms with Crippen LogP contribution in [0.25, 0.3) is 0 Å². The van der Waals surface area contributed by atoms with Gasteiger partial charge in [-0.2, -0.15) is 5.26 Å². The Morgan fingerprint density at radius 3 is 2.88 bits per heavy atom. The molecule has 6 heteroatoms. The second-order valence-corrected chi connectivity index (χ2v) is 6.86. The van der Waals surface area contributed by atoms with Crippen LogP contribution in [0.3, 0.4) is 0 Å². The van der Waals surface area contributed by atoms with Crippen LogP contribution in [0.5, 0.6) is 5.75 Å². The lowest BCUT2D eigenvalue weighted by Crippen LogP contribution is -2.22. The number of halogens is 1. The van der Waals surface area contributed by atoms with Gasteiger partial charge in [0.15, 0.2) is 0 Å². The molecule has 24 heavy (non-hydrogen) atoms. The zero-order valence-electron chi connectivity index (χ0n) is 13.4. The monoisotopic (exact) mass is 360 g/mol. The number of benzene rings is 2. The maximum absolute atomic E-state index is 12.4. The zero-order chi connectivity index (χ0) is 17.5. The summed E-state index contributed by atoms with van der Waals surface area (Å²) < 4.78 is 5.22. The number of thioether (sulfide) groups is 1. The molecule has 2 rings (SSSR count). The van der Waals surface area contributed by atoms with Gasteiger partial charge in [0, 0.05) is 10.8 Å². The van der Waals surface area contributed by atoms with Crippen LogP contribution >= 0.6 is 23.4 Å². The van der Waals surface area contributed by atoms with Crippen molar-refractivity contribution in [3.8, 4) is 11.8 Å². The number of ether oxygens (including phenoxy) is 1. The van der Waals surface area contributed by atoms with E-state index in [4.69, 9.17) is 21.6 Å². The molecule has 0 bridgehead atoms. The third-order valence-electron chi connectivity index (χ3n) is 3.34. The van der Waals surface area contributed by atoms with Crippen molar-refractivity contribution in [2.75, 3.05) is 12.4 Å². The van der Waals surface area contributed by atoms with E-state index in [9.17, 15) is 4.79 Å². The van der Waals surface area contributed by atoms with Crippen molar-refractivity contribution in [1.29, 1.82) is 5.26 Å². The summed E-state index contributed by atoms with van der Waals surface area (Å²) in [6.07, 6.45) is 0. The molecule has 0 aliphatic carbocycles. The fourth-order valence-corrected chi connectivity index (χ4v) is 3.04. The Morgan fingerprint density at radius 2 is 2.17 bits per heavy atom. The summed E-state index contributed by atoms with van der Waals surface area (Å²) in [4.78, 5) is 12.4. The summed E-state index contributed by atoms with van der Waals surface area (Å²) in [6.45, 7) is 1.84. The van der Waals surface area contributed by atoms with Crippen LogP contribution in [0.4, 0.5) is 5.69 Å². The molecule has 0 aliphatic rings. The molecular weight excluding hydrogens is 344 g/mol. The Bertz CT molecular complexity index is 774. The molecule has 1 atom stereocenters. The van der Waals surface area contributed by atoms with Crippen LogP contribution in [0.2, 0.25) is 5.02 Å². The van der Waals surface area contributed by atoms with E-state index in [-0.39, 0.29) is 11.2 Å². The molecule has 124 valence electrons. The highest BCUT2D eigenvalue weighted by Gasteiger charge is 2.16. The second-order valence-electron chi connectivity index (χ2n) is 5.10. The van der Waals surface area contributed by atoms with Crippen LogP contribution in [0, 0.1) is 11.3 Å². The maximum Gasteiger partial charge on any atom is 0.237 e. The minimum atomic E-state index is -0.264. The summed E-state index contributed by atoms with van der Waals surface area (Å²) in [5, 5.41) is 12.0. The number of methoxy groups -OCH3 is 1. The Hall–Kier alpha value is -2.16. The van der Waals surface area contributed by atoms with Gasteiger partial charge in [0.2, 0.25) is 5.91 Å². The molecule has 0 radical (unpaired) electrons. The minimum absolute atomic E-state index is 0.128. The normalized spacial score (nSPS) is 11.4. The molecule has 0 fully saturated rings. The lowest BCUT2D eigenvalue weighted by atomic mass is 10.2. The molecule has 0 saturated carbocycles. The summed E-state index contributed by atoms with van der Waals surface area (Å²) in [7, 11) is 1.54. The van der Waals surface area contributed by atoms with E-state index >= 15 is 0 Å². The number of hydrogen-bond acceptors (Lipinski definition) is 4. The van der Waals surface area contributed by atoms with Crippen molar-refractivity contribution in [3.63, 3.8) is 0 Å². The highest BCUT2D eigenvalue weighted by Crippen LogP contribution is 2.28. The summed E-state index contributed by atoms with van der Waals surface area (Å²) in [6, 6.07) is 14.6. The van der Waals surface area contributed by atoms with Gasteiger partial charge in [-0.15, -0.1) is 11.8 Å². The average molecular weight is 361 g/mol. The van der Waals surface area contributed by atoms with E-state index in [0.717, 1.165) is 5.56 Å². The number of rotatable bonds is 6. The average Bonchev–Trinajstić information content (AvgIpc) is 2.60. The first-order chi connectivity index (χ1) is 11.5. The number of anilines is 1. The highest BCUT2D eigenvalue weighted by molar-refractivity contribution is 7.99. The Balaban J connectivity index is 1.97. The zero-order valence-corrected chi connectivity index (χ0v) is 14.9. The molecule has 1 amide bonds. The van der Waals surface area contributed by atoms with E-state index in [1.54, 1.807) is 31.4 Å². The van der Waals surface area contributed by atoms with Crippen LogP contribution in [-0.4, -0.2) is 18.3 Å². The minimum Gasteiger partial charge on any atom is -0.495 e. The largest absolute Gasteiger partial charge is 0.495 e. The van der Waals surface area contributed by atoms with Crippen LogP contribution < -0.4 is 10.1 Å². The van der Waals surface area contributed by atoms with Gasteiger partial charge < -0.3 is 10.1 Å². The summed E-state index contributed by atoms with van der Waals surface area (Å²) in [5.74, 6) is 1.08. The molecule has 0 aromatic heterocycles. The predicted molar refractivity (Wildman–Crippen MR) is 98.5 cm³/mol. The SMILES string of the molecule is COc1ccc(Cl)cc1NC(=O)C(C)SCc1cccc(C#N)c1. The van der Waals surface area contributed by atoms with Crippen molar-refractivity contribution in [3.05, 3.63) is 58.6 Å². The van der Waals surface area contributed by atoms with Crippen molar-refractivity contribution < 1.29 is 9.53 Å². The van der Waals surface area contributed by atoms with Gasteiger partial charge in [0.1, 0.15) is 5.75 Å². The number of nitriles is 1. The molecule has 4 nitrogen and oxygen atoms in total. The topological polar surface area (TPSA) is 62.1 Å². The van der Waals surface area contributed by atoms with Gasteiger partial charge in [0.25, 0.3) is 0 Å². The lowest BCUT2D eigenvalue weighted by molar-refractivity contribution is -0.115. The van der Waals surface area contributed by atoms with Gasteiger partial charge in [-0.25, -0.2) is 0 Å².